The van der Waals surface area contributed by atoms with Crippen LogP contribution in [0.3, 0.4) is 0 Å². The summed E-state index contributed by atoms with van der Waals surface area (Å²) in [7, 11) is 0. The van der Waals surface area contributed by atoms with Crippen LogP contribution in [0.2, 0.25) is 0 Å². The van der Waals surface area contributed by atoms with Crippen molar-refractivity contribution in [3.63, 3.8) is 0 Å². The number of carboxylic acid groups (broad SMARTS) is 1. The molecule has 5 heteroatoms. The first-order chi connectivity index (χ1) is 8.97. The van der Waals surface area contributed by atoms with Crippen LogP contribution in [-0.2, 0) is 0 Å². The van der Waals surface area contributed by atoms with Crippen LogP contribution in [-0.4, -0.2) is 11.1 Å². The summed E-state index contributed by atoms with van der Waals surface area (Å²) in [5.74, 6) is -2.92. The standard InChI is InChI=1S/C14H10F2O2S/c1-8-2-5-13(10(6-8)14(17)18)19-9-3-4-11(15)12(16)7-9/h2-7H,1H3,(H,17,18). The average molecular weight is 280 g/mol. The van der Waals surface area contributed by atoms with Gasteiger partial charge in [-0.1, -0.05) is 23.4 Å². The van der Waals surface area contributed by atoms with Gasteiger partial charge in [0.1, 0.15) is 0 Å². The van der Waals surface area contributed by atoms with Gasteiger partial charge in [0, 0.05) is 9.79 Å². The van der Waals surface area contributed by atoms with Gasteiger partial charge in [0.25, 0.3) is 0 Å². The van der Waals surface area contributed by atoms with Crippen molar-refractivity contribution in [2.75, 3.05) is 0 Å². The highest BCUT2D eigenvalue weighted by molar-refractivity contribution is 7.99. The van der Waals surface area contributed by atoms with Gasteiger partial charge in [0.15, 0.2) is 11.6 Å². The van der Waals surface area contributed by atoms with E-state index < -0.39 is 17.6 Å². The molecule has 2 aromatic carbocycles. The summed E-state index contributed by atoms with van der Waals surface area (Å²) >= 11 is 1.09. The number of benzene rings is 2. The Labute approximate surface area is 113 Å². The van der Waals surface area contributed by atoms with E-state index in [-0.39, 0.29) is 5.56 Å². The fourth-order valence-electron chi connectivity index (χ4n) is 1.57. The fourth-order valence-corrected chi connectivity index (χ4v) is 2.51. The molecule has 0 saturated carbocycles. The van der Waals surface area contributed by atoms with Gasteiger partial charge in [0.05, 0.1) is 5.56 Å². The van der Waals surface area contributed by atoms with Crippen LogP contribution in [0.5, 0.6) is 0 Å². The number of halogens is 2. The highest BCUT2D eigenvalue weighted by atomic mass is 32.2. The van der Waals surface area contributed by atoms with Gasteiger partial charge in [-0.2, -0.15) is 0 Å². The van der Waals surface area contributed by atoms with E-state index in [1.54, 1.807) is 25.1 Å². The maximum atomic E-state index is 13.1. The molecule has 0 aromatic heterocycles. The number of rotatable bonds is 3. The van der Waals surface area contributed by atoms with Crippen molar-refractivity contribution in [2.45, 2.75) is 16.7 Å². The molecule has 0 unspecified atom stereocenters. The summed E-state index contributed by atoms with van der Waals surface area (Å²) in [5, 5.41) is 9.12. The zero-order valence-corrected chi connectivity index (χ0v) is 10.8. The third kappa shape index (κ3) is 3.12. The van der Waals surface area contributed by atoms with Gasteiger partial charge in [-0.05, 0) is 37.3 Å². The van der Waals surface area contributed by atoms with Crippen LogP contribution in [0.15, 0.2) is 46.2 Å². The van der Waals surface area contributed by atoms with E-state index in [0.717, 1.165) is 29.5 Å². The summed E-state index contributed by atoms with van der Waals surface area (Å²) in [6.45, 7) is 1.79. The van der Waals surface area contributed by atoms with Crippen LogP contribution in [0.4, 0.5) is 8.78 Å². The molecular formula is C14H10F2O2S. The number of carboxylic acids is 1. The van der Waals surface area contributed by atoms with Crippen molar-refractivity contribution in [3.8, 4) is 0 Å². The minimum Gasteiger partial charge on any atom is -0.478 e. The molecule has 0 spiro atoms. The van der Waals surface area contributed by atoms with Gasteiger partial charge < -0.3 is 5.11 Å². The minimum absolute atomic E-state index is 0.148. The Morgan fingerprint density at radius 3 is 2.47 bits per heavy atom. The average Bonchev–Trinajstić information content (AvgIpc) is 2.36. The highest BCUT2D eigenvalue weighted by Gasteiger charge is 2.12. The molecule has 0 aliphatic rings. The smallest absolute Gasteiger partial charge is 0.336 e. The maximum Gasteiger partial charge on any atom is 0.336 e. The summed E-state index contributed by atoms with van der Waals surface area (Å²) in [4.78, 5) is 12.1. The van der Waals surface area contributed by atoms with E-state index in [4.69, 9.17) is 5.11 Å². The van der Waals surface area contributed by atoms with Gasteiger partial charge in [0.2, 0.25) is 0 Å². The second kappa shape index (κ2) is 5.40. The van der Waals surface area contributed by atoms with E-state index >= 15 is 0 Å². The third-order valence-corrected chi connectivity index (χ3v) is 3.55. The number of hydrogen-bond acceptors (Lipinski definition) is 2. The zero-order chi connectivity index (χ0) is 14.0. The summed E-state index contributed by atoms with van der Waals surface area (Å²) in [6, 6.07) is 8.45. The lowest BCUT2D eigenvalue weighted by Crippen LogP contribution is -1.99. The van der Waals surface area contributed by atoms with E-state index in [1.165, 1.54) is 6.07 Å². The first-order valence-corrected chi connectivity index (χ1v) is 6.26. The monoisotopic (exact) mass is 280 g/mol. The van der Waals surface area contributed by atoms with Gasteiger partial charge in [-0.25, -0.2) is 13.6 Å². The van der Waals surface area contributed by atoms with Crippen LogP contribution >= 0.6 is 11.8 Å². The zero-order valence-electron chi connectivity index (χ0n) is 9.98. The lowest BCUT2D eigenvalue weighted by atomic mass is 10.1. The molecule has 2 aromatic rings. The second-order valence-electron chi connectivity index (χ2n) is 3.98. The van der Waals surface area contributed by atoms with Crippen molar-refractivity contribution >= 4 is 17.7 Å². The summed E-state index contributed by atoms with van der Waals surface area (Å²) < 4.78 is 25.9. The van der Waals surface area contributed by atoms with Crippen molar-refractivity contribution in [2.24, 2.45) is 0 Å². The molecule has 0 heterocycles. The molecule has 2 rings (SSSR count). The Morgan fingerprint density at radius 1 is 1.11 bits per heavy atom. The van der Waals surface area contributed by atoms with E-state index in [0.29, 0.717) is 9.79 Å². The Bertz CT molecular complexity index is 641. The van der Waals surface area contributed by atoms with Crippen LogP contribution in [0.25, 0.3) is 0 Å². The Kier molecular flexibility index (Phi) is 3.85. The van der Waals surface area contributed by atoms with Crippen LogP contribution < -0.4 is 0 Å². The second-order valence-corrected chi connectivity index (χ2v) is 5.10. The molecule has 0 fully saturated rings. The molecule has 0 aliphatic heterocycles. The molecule has 0 atom stereocenters. The van der Waals surface area contributed by atoms with E-state index in [9.17, 15) is 13.6 Å². The number of hydrogen-bond donors (Lipinski definition) is 1. The van der Waals surface area contributed by atoms with E-state index in [1.807, 2.05) is 0 Å². The molecule has 0 amide bonds. The Hall–Kier alpha value is -1.88. The third-order valence-electron chi connectivity index (χ3n) is 2.48. The predicted octanol–water partition coefficient (Wildman–Crippen LogP) is 4.12. The topological polar surface area (TPSA) is 37.3 Å². The Balaban J connectivity index is 2.37. The molecule has 98 valence electrons. The van der Waals surface area contributed by atoms with Crippen molar-refractivity contribution in [3.05, 3.63) is 59.2 Å². The first kappa shape index (κ1) is 13.5. The number of aryl methyl sites for hydroxylation is 1. The molecule has 19 heavy (non-hydrogen) atoms. The lowest BCUT2D eigenvalue weighted by molar-refractivity contribution is 0.0693. The number of carbonyl (C=O) groups is 1. The van der Waals surface area contributed by atoms with E-state index in [2.05, 4.69) is 0 Å². The van der Waals surface area contributed by atoms with Crippen molar-refractivity contribution in [1.82, 2.24) is 0 Å². The largest absolute Gasteiger partial charge is 0.478 e. The SMILES string of the molecule is Cc1ccc(Sc2ccc(F)c(F)c2)c(C(=O)O)c1. The van der Waals surface area contributed by atoms with Crippen molar-refractivity contribution in [1.29, 1.82) is 0 Å². The maximum absolute atomic E-state index is 13.1. The summed E-state index contributed by atoms with van der Waals surface area (Å²) in [6.07, 6.45) is 0. The minimum atomic E-state index is -1.05. The predicted molar refractivity (Wildman–Crippen MR) is 68.6 cm³/mol. The molecule has 0 bridgehead atoms. The molecule has 0 saturated heterocycles. The quantitative estimate of drug-likeness (QED) is 0.918. The molecule has 0 radical (unpaired) electrons. The Morgan fingerprint density at radius 2 is 1.84 bits per heavy atom. The summed E-state index contributed by atoms with van der Waals surface area (Å²) in [5.41, 5.74) is 0.974. The normalized spacial score (nSPS) is 10.5. The van der Waals surface area contributed by atoms with Gasteiger partial charge >= 0.3 is 5.97 Å². The van der Waals surface area contributed by atoms with Gasteiger partial charge in [-0.15, -0.1) is 0 Å². The highest BCUT2D eigenvalue weighted by Crippen LogP contribution is 2.31. The number of aromatic carboxylic acids is 1. The van der Waals surface area contributed by atoms with Crippen LogP contribution in [0.1, 0.15) is 15.9 Å². The molecule has 2 nitrogen and oxygen atoms in total. The lowest BCUT2D eigenvalue weighted by Gasteiger charge is -2.07. The molecular weight excluding hydrogens is 270 g/mol. The van der Waals surface area contributed by atoms with Gasteiger partial charge in [-0.3, -0.25) is 0 Å². The van der Waals surface area contributed by atoms with Crippen LogP contribution in [0, 0.1) is 18.6 Å². The fraction of sp³-hybridized carbons (Fsp3) is 0.0714. The molecule has 1 N–H and O–H groups in total. The first-order valence-electron chi connectivity index (χ1n) is 5.44. The van der Waals surface area contributed by atoms with Crippen molar-refractivity contribution < 1.29 is 18.7 Å². The molecule has 0 aliphatic carbocycles.